The van der Waals surface area contributed by atoms with E-state index in [1.165, 1.54) is 4.90 Å². The van der Waals surface area contributed by atoms with E-state index in [2.05, 4.69) is 5.16 Å². The Hall–Kier alpha value is -1.72. The Morgan fingerprint density at radius 3 is 3.07 bits per heavy atom. The highest BCUT2D eigenvalue weighted by atomic mass is 16.5. The van der Waals surface area contributed by atoms with Crippen molar-refractivity contribution in [2.24, 2.45) is 0 Å². The Morgan fingerprint density at radius 2 is 2.43 bits per heavy atom. The minimum atomic E-state index is -0.997. The van der Waals surface area contributed by atoms with Gasteiger partial charge in [-0.1, -0.05) is 6.92 Å². The first-order chi connectivity index (χ1) is 6.59. The molecule has 1 aromatic rings. The normalized spacial score (nSPS) is 20.6. The highest BCUT2D eigenvalue weighted by molar-refractivity contribution is 5.65. The summed E-state index contributed by atoms with van der Waals surface area (Å²) in [4.78, 5) is 12.0. The molecule has 14 heavy (non-hydrogen) atoms. The van der Waals surface area contributed by atoms with Gasteiger partial charge in [0.2, 0.25) is 0 Å². The monoisotopic (exact) mass is 198 g/mol. The Bertz CT molecular complexity index is 373. The zero-order chi connectivity index (χ0) is 10.3. The maximum Gasteiger partial charge on any atom is 0.407 e. The first-order valence-electron chi connectivity index (χ1n) is 4.25. The van der Waals surface area contributed by atoms with Crippen LogP contribution in [0.5, 0.6) is 5.88 Å². The summed E-state index contributed by atoms with van der Waals surface area (Å²) in [6.07, 6.45) is -0.997. The van der Waals surface area contributed by atoms with Gasteiger partial charge in [0.05, 0.1) is 12.1 Å². The second kappa shape index (κ2) is 2.90. The molecule has 1 unspecified atom stereocenters. The molecule has 1 aliphatic heterocycles. The summed E-state index contributed by atoms with van der Waals surface area (Å²) in [5.41, 5.74) is 0.478. The summed E-state index contributed by atoms with van der Waals surface area (Å²) >= 11 is 0. The first-order valence-corrected chi connectivity index (χ1v) is 4.25. The lowest BCUT2D eigenvalue weighted by molar-refractivity contribution is 0.132. The molecule has 1 amide bonds. The van der Waals surface area contributed by atoms with Crippen LogP contribution in [0, 0.1) is 0 Å². The van der Waals surface area contributed by atoms with Crippen molar-refractivity contribution in [1.82, 2.24) is 10.1 Å². The van der Waals surface area contributed by atoms with Crippen LogP contribution in [0.2, 0.25) is 0 Å². The average Bonchev–Trinajstić information content (AvgIpc) is 2.48. The van der Waals surface area contributed by atoms with Crippen LogP contribution in [0.15, 0.2) is 4.52 Å². The minimum Gasteiger partial charge on any atom is -0.491 e. The van der Waals surface area contributed by atoms with E-state index in [0.717, 1.165) is 0 Å². The molecule has 0 radical (unpaired) electrons. The molecule has 2 rings (SSSR count). The summed E-state index contributed by atoms with van der Waals surface area (Å²) in [5.74, 6) is 0.307. The number of carbonyl (C=O) groups is 1. The van der Waals surface area contributed by atoms with E-state index in [4.69, 9.17) is 9.63 Å². The number of rotatable bonds is 0. The molecule has 0 spiro atoms. The molecule has 1 atom stereocenters. The number of carboxylic acid groups (broad SMARTS) is 1. The van der Waals surface area contributed by atoms with Crippen molar-refractivity contribution in [2.75, 3.05) is 6.54 Å². The van der Waals surface area contributed by atoms with E-state index in [1.54, 1.807) is 0 Å². The van der Waals surface area contributed by atoms with Crippen LogP contribution >= 0.6 is 0 Å². The van der Waals surface area contributed by atoms with Crippen LogP contribution in [-0.4, -0.2) is 32.9 Å². The van der Waals surface area contributed by atoms with Crippen molar-refractivity contribution in [2.45, 2.75) is 19.4 Å². The summed E-state index contributed by atoms with van der Waals surface area (Å²) in [7, 11) is 0. The van der Waals surface area contributed by atoms with Gasteiger partial charge in [-0.2, -0.15) is 0 Å². The van der Waals surface area contributed by atoms with Gasteiger partial charge in [0.25, 0.3) is 5.88 Å². The number of hydrogen-bond donors (Lipinski definition) is 2. The smallest absolute Gasteiger partial charge is 0.407 e. The van der Waals surface area contributed by atoms with E-state index in [-0.39, 0.29) is 18.3 Å². The highest BCUT2D eigenvalue weighted by Crippen LogP contribution is 2.32. The quantitative estimate of drug-likeness (QED) is 0.648. The SMILES string of the molecule is CC1CN(C(=O)O)Cc2c(O)noc21. The number of aromatic hydroxyl groups is 1. The number of aromatic nitrogens is 1. The van der Waals surface area contributed by atoms with Crippen LogP contribution < -0.4 is 0 Å². The zero-order valence-corrected chi connectivity index (χ0v) is 7.60. The Balaban J connectivity index is 2.35. The second-order valence-electron chi connectivity index (χ2n) is 3.41. The summed E-state index contributed by atoms with van der Waals surface area (Å²) in [6, 6.07) is 0. The maximum absolute atomic E-state index is 10.7. The van der Waals surface area contributed by atoms with Crippen LogP contribution in [-0.2, 0) is 6.54 Å². The van der Waals surface area contributed by atoms with Crippen molar-refractivity contribution < 1.29 is 19.5 Å². The van der Waals surface area contributed by atoms with Crippen LogP contribution in [0.3, 0.4) is 0 Å². The molecule has 0 aliphatic carbocycles. The molecule has 1 aromatic heterocycles. The van der Waals surface area contributed by atoms with Gasteiger partial charge in [-0.05, 0) is 5.16 Å². The minimum absolute atomic E-state index is 0.0664. The Morgan fingerprint density at radius 1 is 1.71 bits per heavy atom. The molecule has 0 aromatic carbocycles. The van der Waals surface area contributed by atoms with Gasteiger partial charge in [0.1, 0.15) is 5.76 Å². The molecule has 1 aliphatic rings. The summed E-state index contributed by atoms with van der Waals surface area (Å²) < 4.78 is 4.91. The predicted molar refractivity (Wildman–Crippen MR) is 45.0 cm³/mol. The van der Waals surface area contributed by atoms with E-state index < -0.39 is 6.09 Å². The number of fused-ring (bicyclic) bond motifs is 1. The summed E-state index contributed by atoms with van der Waals surface area (Å²) in [6.45, 7) is 2.35. The van der Waals surface area contributed by atoms with Gasteiger partial charge in [-0.15, -0.1) is 0 Å². The molecular weight excluding hydrogens is 188 g/mol. The molecule has 2 heterocycles. The van der Waals surface area contributed by atoms with Crippen molar-refractivity contribution >= 4 is 6.09 Å². The predicted octanol–water partition coefficient (Wildman–Crippen LogP) is 0.977. The third kappa shape index (κ3) is 1.19. The van der Waals surface area contributed by atoms with Crippen LogP contribution in [0.1, 0.15) is 24.2 Å². The molecule has 0 saturated heterocycles. The molecule has 2 N–H and O–H groups in total. The van der Waals surface area contributed by atoms with Gasteiger partial charge in [-0.3, -0.25) is 0 Å². The lowest BCUT2D eigenvalue weighted by Gasteiger charge is -2.26. The highest BCUT2D eigenvalue weighted by Gasteiger charge is 2.31. The van der Waals surface area contributed by atoms with Crippen molar-refractivity contribution in [1.29, 1.82) is 0 Å². The largest absolute Gasteiger partial charge is 0.491 e. The average molecular weight is 198 g/mol. The third-order valence-electron chi connectivity index (χ3n) is 2.36. The molecule has 6 heteroatoms. The van der Waals surface area contributed by atoms with Gasteiger partial charge in [0.15, 0.2) is 0 Å². The lowest BCUT2D eigenvalue weighted by Crippen LogP contribution is -2.35. The fourth-order valence-corrected chi connectivity index (χ4v) is 1.66. The Labute approximate surface area is 79.7 Å². The van der Waals surface area contributed by atoms with Crippen LogP contribution in [0.25, 0.3) is 0 Å². The van der Waals surface area contributed by atoms with Gasteiger partial charge >= 0.3 is 6.09 Å². The van der Waals surface area contributed by atoms with Gasteiger partial charge in [-0.25, -0.2) is 4.79 Å². The van der Waals surface area contributed by atoms with E-state index >= 15 is 0 Å². The molecule has 0 fully saturated rings. The van der Waals surface area contributed by atoms with Gasteiger partial charge < -0.3 is 19.6 Å². The van der Waals surface area contributed by atoms with Crippen molar-refractivity contribution in [3.05, 3.63) is 11.3 Å². The van der Waals surface area contributed by atoms with Crippen molar-refractivity contribution in [3.63, 3.8) is 0 Å². The van der Waals surface area contributed by atoms with Gasteiger partial charge in [0, 0.05) is 12.5 Å². The molecule has 0 saturated carbocycles. The first kappa shape index (κ1) is 8.86. The van der Waals surface area contributed by atoms with Crippen LogP contribution in [0.4, 0.5) is 4.79 Å². The third-order valence-corrected chi connectivity index (χ3v) is 2.36. The lowest BCUT2D eigenvalue weighted by atomic mass is 10.00. The molecule has 6 nitrogen and oxygen atoms in total. The number of nitrogens with zero attached hydrogens (tertiary/aromatic N) is 2. The molecule has 76 valence electrons. The van der Waals surface area contributed by atoms with E-state index in [0.29, 0.717) is 17.9 Å². The second-order valence-corrected chi connectivity index (χ2v) is 3.41. The Kier molecular flexibility index (Phi) is 1.83. The topological polar surface area (TPSA) is 86.8 Å². The fourth-order valence-electron chi connectivity index (χ4n) is 1.66. The summed E-state index contributed by atoms with van der Waals surface area (Å²) in [5, 5.41) is 21.5. The van der Waals surface area contributed by atoms with E-state index in [9.17, 15) is 9.90 Å². The standard InChI is InChI=1S/C8H10N2O4/c1-4-2-10(8(12)13)3-5-6(4)14-9-7(5)11/h4H,2-3H2,1H3,(H,9,11)(H,12,13). The molecular formula is C8H10N2O4. The van der Waals surface area contributed by atoms with Crippen molar-refractivity contribution in [3.8, 4) is 5.88 Å². The zero-order valence-electron chi connectivity index (χ0n) is 7.60. The van der Waals surface area contributed by atoms with E-state index in [1.807, 2.05) is 6.92 Å². The number of hydrogen-bond acceptors (Lipinski definition) is 4. The molecule has 0 bridgehead atoms. The maximum atomic E-state index is 10.7. The fraction of sp³-hybridized carbons (Fsp3) is 0.500. The number of amides is 1.